The van der Waals surface area contributed by atoms with Crippen LogP contribution in [0.15, 0.2) is 82.6 Å². The van der Waals surface area contributed by atoms with E-state index in [4.69, 9.17) is 4.74 Å². The molecule has 0 saturated carbocycles. The van der Waals surface area contributed by atoms with E-state index < -0.39 is 20.0 Å². The van der Waals surface area contributed by atoms with Crippen LogP contribution in [-0.2, 0) is 20.0 Å². The minimum atomic E-state index is -4.26. The number of nitrogens with zero attached hydrogens (tertiary/aromatic N) is 3. The Bertz CT molecular complexity index is 1530. The van der Waals surface area contributed by atoms with Crippen LogP contribution >= 0.6 is 0 Å². The highest BCUT2D eigenvalue weighted by atomic mass is 32.2. The van der Waals surface area contributed by atoms with Gasteiger partial charge in [0, 0.05) is 5.56 Å². The molecule has 4 aromatic rings. The van der Waals surface area contributed by atoms with E-state index in [1.807, 2.05) is 13.8 Å². The maximum absolute atomic E-state index is 13.4. The minimum absolute atomic E-state index is 0.0285. The lowest BCUT2D eigenvalue weighted by molar-refractivity contribution is 0.415. The van der Waals surface area contributed by atoms with Crippen molar-refractivity contribution in [1.29, 1.82) is 0 Å². The monoisotopic (exact) mass is 498 g/mol. The van der Waals surface area contributed by atoms with Crippen LogP contribution in [0, 0.1) is 13.8 Å². The van der Waals surface area contributed by atoms with Crippen molar-refractivity contribution < 1.29 is 21.6 Å². The van der Waals surface area contributed by atoms with E-state index >= 15 is 0 Å². The summed E-state index contributed by atoms with van der Waals surface area (Å²) in [5.41, 5.74) is 2.25. The third-order valence-electron chi connectivity index (χ3n) is 5.11. The van der Waals surface area contributed by atoms with Crippen LogP contribution < -0.4 is 9.46 Å². The van der Waals surface area contributed by atoms with Crippen LogP contribution in [0.4, 0.5) is 5.82 Å². The first-order valence-electron chi connectivity index (χ1n) is 10.1. The molecule has 176 valence electrons. The van der Waals surface area contributed by atoms with Crippen LogP contribution in [-0.4, -0.2) is 38.3 Å². The summed E-state index contributed by atoms with van der Waals surface area (Å²) in [6, 6.07) is 18.9. The van der Waals surface area contributed by atoms with E-state index in [9.17, 15) is 16.8 Å². The fraction of sp³-hybridized carbons (Fsp3) is 0.130. The van der Waals surface area contributed by atoms with Gasteiger partial charge in [-0.2, -0.15) is 8.42 Å². The van der Waals surface area contributed by atoms with Crippen molar-refractivity contribution in [3.8, 4) is 17.0 Å². The molecule has 0 aliphatic rings. The molecule has 0 fully saturated rings. The number of hydrogen-bond acceptors (Lipinski definition) is 7. The first kappa shape index (κ1) is 23.5. The first-order chi connectivity index (χ1) is 16.1. The molecule has 3 aromatic carbocycles. The topological polar surface area (TPSA) is 120 Å². The predicted molar refractivity (Wildman–Crippen MR) is 128 cm³/mol. The van der Waals surface area contributed by atoms with Crippen molar-refractivity contribution in [2.24, 2.45) is 0 Å². The fourth-order valence-corrected chi connectivity index (χ4v) is 5.47. The summed E-state index contributed by atoms with van der Waals surface area (Å²) in [4.78, 5) is -0.0840. The average molecular weight is 499 g/mol. The number of anilines is 1. The van der Waals surface area contributed by atoms with Gasteiger partial charge in [0.2, 0.25) is 0 Å². The summed E-state index contributed by atoms with van der Waals surface area (Å²) in [5, 5.41) is 7.83. The zero-order chi connectivity index (χ0) is 24.5. The zero-order valence-electron chi connectivity index (χ0n) is 18.6. The second-order valence-electron chi connectivity index (χ2n) is 7.59. The summed E-state index contributed by atoms with van der Waals surface area (Å²) < 4.78 is 61.2. The molecule has 0 bridgehead atoms. The lowest BCUT2D eigenvalue weighted by Crippen LogP contribution is -2.21. The van der Waals surface area contributed by atoms with E-state index in [1.54, 1.807) is 48.5 Å². The number of rotatable bonds is 7. The Morgan fingerprint density at radius 1 is 0.765 bits per heavy atom. The maximum atomic E-state index is 13.4. The molecule has 1 heterocycles. The standard InChI is InChI=1S/C23H22N4O5S2/c1-16-4-12-20(13-5-16)33(28,29)25-23-22(18-8-10-19(32-3)11-9-18)24-26-27(23)34(30,31)21-14-6-17(2)7-15-21/h4-15,25H,1-3H3. The molecule has 0 aliphatic heterocycles. The smallest absolute Gasteiger partial charge is 0.286 e. The summed E-state index contributed by atoms with van der Waals surface area (Å²) in [6.07, 6.45) is 0. The lowest BCUT2D eigenvalue weighted by atomic mass is 10.1. The van der Waals surface area contributed by atoms with Crippen LogP contribution in [0.25, 0.3) is 11.3 Å². The van der Waals surface area contributed by atoms with Gasteiger partial charge in [-0.1, -0.05) is 35.4 Å². The molecule has 0 saturated heterocycles. The first-order valence-corrected chi connectivity index (χ1v) is 13.1. The molecule has 0 atom stereocenters. The summed E-state index contributed by atoms with van der Waals surface area (Å²) in [5.74, 6) is 0.275. The fourth-order valence-electron chi connectivity index (χ4n) is 3.18. The predicted octanol–water partition coefficient (Wildman–Crippen LogP) is 3.61. The average Bonchev–Trinajstić information content (AvgIpc) is 3.23. The van der Waals surface area contributed by atoms with E-state index in [0.29, 0.717) is 15.4 Å². The molecule has 9 nitrogen and oxygen atoms in total. The van der Waals surface area contributed by atoms with E-state index in [2.05, 4.69) is 15.0 Å². The Balaban J connectivity index is 1.88. The molecule has 34 heavy (non-hydrogen) atoms. The van der Waals surface area contributed by atoms with E-state index in [1.165, 1.54) is 31.4 Å². The molecule has 1 aromatic heterocycles. The van der Waals surface area contributed by atoms with Crippen LogP contribution in [0.2, 0.25) is 0 Å². The number of aromatic nitrogens is 3. The number of nitrogens with one attached hydrogen (secondary N) is 1. The Morgan fingerprint density at radius 2 is 1.29 bits per heavy atom. The van der Waals surface area contributed by atoms with Crippen LogP contribution in [0.5, 0.6) is 5.75 Å². The molecule has 0 radical (unpaired) electrons. The summed E-state index contributed by atoms with van der Waals surface area (Å²) in [6.45, 7) is 3.66. The highest BCUT2D eigenvalue weighted by Crippen LogP contribution is 2.31. The molecular weight excluding hydrogens is 476 g/mol. The van der Waals surface area contributed by atoms with Gasteiger partial charge in [-0.05, 0) is 67.6 Å². The summed E-state index contributed by atoms with van der Waals surface area (Å²) in [7, 11) is -6.90. The molecule has 4 rings (SSSR count). The molecular formula is C23H22N4O5S2. The van der Waals surface area contributed by atoms with Crippen molar-refractivity contribution >= 4 is 25.9 Å². The molecule has 0 aliphatic carbocycles. The Labute approximate surface area is 198 Å². The molecule has 1 N–H and O–H groups in total. The number of methoxy groups -OCH3 is 1. The molecule has 0 amide bonds. The van der Waals surface area contributed by atoms with Gasteiger partial charge in [-0.3, -0.25) is 4.72 Å². The Morgan fingerprint density at radius 3 is 1.82 bits per heavy atom. The number of aryl methyl sites for hydroxylation is 2. The van der Waals surface area contributed by atoms with Gasteiger partial charge in [-0.25, -0.2) is 8.42 Å². The van der Waals surface area contributed by atoms with Crippen LogP contribution in [0.1, 0.15) is 11.1 Å². The van der Waals surface area contributed by atoms with Crippen LogP contribution in [0.3, 0.4) is 0 Å². The highest BCUT2D eigenvalue weighted by Gasteiger charge is 2.29. The van der Waals surface area contributed by atoms with E-state index in [-0.39, 0.29) is 21.3 Å². The van der Waals surface area contributed by atoms with Gasteiger partial charge in [0.05, 0.1) is 16.9 Å². The lowest BCUT2D eigenvalue weighted by Gasteiger charge is -2.12. The highest BCUT2D eigenvalue weighted by molar-refractivity contribution is 7.93. The van der Waals surface area contributed by atoms with Crippen molar-refractivity contribution in [3.05, 3.63) is 83.9 Å². The largest absolute Gasteiger partial charge is 0.497 e. The molecule has 11 heteroatoms. The Kier molecular flexibility index (Phi) is 6.15. The normalized spacial score (nSPS) is 11.9. The van der Waals surface area contributed by atoms with Crippen molar-refractivity contribution in [2.75, 3.05) is 11.8 Å². The number of hydrogen-bond donors (Lipinski definition) is 1. The van der Waals surface area contributed by atoms with Crippen molar-refractivity contribution in [1.82, 2.24) is 14.4 Å². The second kappa shape index (κ2) is 8.92. The number of ether oxygens (including phenoxy) is 1. The third kappa shape index (κ3) is 4.52. The van der Waals surface area contributed by atoms with Gasteiger partial charge in [0.25, 0.3) is 20.0 Å². The van der Waals surface area contributed by atoms with Gasteiger partial charge in [0.1, 0.15) is 11.4 Å². The number of benzene rings is 3. The SMILES string of the molecule is COc1ccc(-c2nnn(S(=O)(=O)c3ccc(C)cc3)c2NS(=O)(=O)c2ccc(C)cc2)cc1. The van der Waals surface area contributed by atoms with Crippen molar-refractivity contribution in [2.45, 2.75) is 23.6 Å². The molecule has 0 spiro atoms. The number of sulfonamides is 1. The maximum Gasteiger partial charge on any atom is 0.286 e. The zero-order valence-corrected chi connectivity index (χ0v) is 20.3. The van der Waals surface area contributed by atoms with Gasteiger partial charge in [-0.15, -0.1) is 9.19 Å². The third-order valence-corrected chi connectivity index (χ3v) is 8.05. The van der Waals surface area contributed by atoms with Gasteiger partial charge >= 0.3 is 0 Å². The second-order valence-corrected chi connectivity index (χ2v) is 11.0. The Hall–Kier alpha value is -3.70. The van der Waals surface area contributed by atoms with Gasteiger partial charge in [0.15, 0.2) is 5.82 Å². The minimum Gasteiger partial charge on any atom is -0.497 e. The van der Waals surface area contributed by atoms with Gasteiger partial charge < -0.3 is 4.74 Å². The van der Waals surface area contributed by atoms with E-state index in [0.717, 1.165) is 11.1 Å². The molecule has 0 unspecified atom stereocenters. The van der Waals surface area contributed by atoms with Crippen molar-refractivity contribution in [3.63, 3.8) is 0 Å². The quantitative estimate of drug-likeness (QED) is 0.413. The summed E-state index contributed by atoms with van der Waals surface area (Å²) >= 11 is 0.